The standard InChI is InChI=1S/C6H10F3NO/c7-6(8,9)4-1-2-10-5(11)3-4/h4-5,10-11H,1-3H2. The van der Waals surface area contributed by atoms with Gasteiger partial charge in [-0.25, -0.2) is 0 Å². The van der Waals surface area contributed by atoms with Crippen molar-refractivity contribution in [2.24, 2.45) is 5.92 Å². The van der Waals surface area contributed by atoms with Crippen LogP contribution in [0.2, 0.25) is 0 Å². The quantitative estimate of drug-likeness (QED) is 0.563. The van der Waals surface area contributed by atoms with Crippen LogP contribution in [-0.2, 0) is 0 Å². The predicted octanol–water partition coefficient (Wildman–Crippen LogP) is 0.867. The molecule has 1 rings (SSSR count). The van der Waals surface area contributed by atoms with Gasteiger partial charge in [0.1, 0.15) is 6.23 Å². The third kappa shape index (κ3) is 2.34. The van der Waals surface area contributed by atoms with Crippen molar-refractivity contribution in [3.8, 4) is 0 Å². The fraction of sp³-hybridized carbons (Fsp3) is 1.00. The van der Waals surface area contributed by atoms with Gasteiger partial charge in [0.2, 0.25) is 0 Å². The molecule has 0 radical (unpaired) electrons. The van der Waals surface area contributed by atoms with Crippen LogP contribution in [0.3, 0.4) is 0 Å². The highest BCUT2D eigenvalue weighted by Gasteiger charge is 2.41. The lowest BCUT2D eigenvalue weighted by Crippen LogP contribution is -2.42. The first kappa shape index (κ1) is 8.80. The lowest BCUT2D eigenvalue weighted by atomic mass is 9.96. The van der Waals surface area contributed by atoms with Crippen molar-refractivity contribution >= 4 is 0 Å². The van der Waals surface area contributed by atoms with Crippen LogP contribution in [0.5, 0.6) is 0 Å². The maximum atomic E-state index is 12.0. The van der Waals surface area contributed by atoms with Crippen molar-refractivity contribution in [1.82, 2.24) is 5.32 Å². The van der Waals surface area contributed by atoms with E-state index in [0.717, 1.165) is 0 Å². The number of hydrogen-bond acceptors (Lipinski definition) is 2. The second-order valence-electron chi connectivity index (χ2n) is 2.73. The predicted molar refractivity (Wildman–Crippen MR) is 32.8 cm³/mol. The Bertz CT molecular complexity index is 136. The zero-order valence-electron chi connectivity index (χ0n) is 5.86. The Morgan fingerprint density at radius 3 is 2.36 bits per heavy atom. The summed E-state index contributed by atoms with van der Waals surface area (Å²) in [4.78, 5) is 0. The zero-order valence-corrected chi connectivity index (χ0v) is 5.86. The molecule has 0 aromatic rings. The Kier molecular flexibility index (Phi) is 2.39. The lowest BCUT2D eigenvalue weighted by molar-refractivity contribution is -0.190. The molecule has 5 heteroatoms. The van der Waals surface area contributed by atoms with Crippen LogP contribution in [0, 0.1) is 5.92 Å². The molecule has 0 aliphatic carbocycles. The van der Waals surface area contributed by atoms with Gasteiger partial charge < -0.3 is 5.11 Å². The third-order valence-electron chi connectivity index (χ3n) is 1.84. The summed E-state index contributed by atoms with van der Waals surface area (Å²) in [5.74, 6) is -1.33. The molecule has 0 bridgehead atoms. The molecule has 2 N–H and O–H groups in total. The van der Waals surface area contributed by atoms with Gasteiger partial charge in [-0.05, 0) is 19.4 Å². The maximum Gasteiger partial charge on any atom is 0.392 e. The van der Waals surface area contributed by atoms with Crippen molar-refractivity contribution in [3.05, 3.63) is 0 Å². The summed E-state index contributed by atoms with van der Waals surface area (Å²) in [7, 11) is 0. The molecule has 11 heavy (non-hydrogen) atoms. The molecule has 1 aliphatic rings. The van der Waals surface area contributed by atoms with E-state index in [0.29, 0.717) is 0 Å². The first-order valence-electron chi connectivity index (χ1n) is 3.48. The molecular weight excluding hydrogens is 159 g/mol. The van der Waals surface area contributed by atoms with E-state index in [1.54, 1.807) is 0 Å². The zero-order chi connectivity index (χ0) is 8.48. The number of halogens is 3. The van der Waals surface area contributed by atoms with Gasteiger partial charge in [0.05, 0.1) is 5.92 Å². The summed E-state index contributed by atoms with van der Waals surface area (Å²) in [6.07, 6.45) is -5.29. The van der Waals surface area contributed by atoms with Crippen molar-refractivity contribution in [2.45, 2.75) is 25.2 Å². The van der Waals surface area contributed by atoms with E-state index in [1.807, 2.05) is 0 Å². The van der Waals surface area contributed by atoms with E-state index in [4.69, 9.17) is 5.11 Å². The number of hydrogen-bond donors (Lipinski definition) is 2. The summed E-state index contributed by atoms with van der Waals surface area (Å²) in [6.45, 7) is 0.241. The molecule has 0 aromatic carbocycles. The minimum absolute atomic E-state index is 0.0700. The summed E-state index contributed by atoms with van der Waals surface area (Å²) < 4.78 is 35.9. The molecule has 0 aromatic heterocycles. The van der Waals surface area contributed by atoms with Crippen molar-refractivity contribution in [2.75, 3.05) is 6.54 Å². The van der Waals surface area contributed by atoms with Crippen LogP contribution < -0.4 is 5.32 Å². The number of rotatable bonds is 0. The topological polar surface area (TPSA) is 32.3 Å². The summed E-state index contributed by atoms with van der Waals surface area (Å²) in [5.41, 5.74) is 0. The van der Waals surface area contributed by atoms with Gasteiger partial charge in [-0.3, -0.25) is 5.32 Å². The number of aliphatic hydroxyl groups is 1. The molecule has 1 aliphatic heterocycles. The molecule has 0 saturated carbocycles. The molecule has 2 unspecified atom stereocenters. The Morgan fingerprint density at radius 2 is 2.00 bits per heavy atom. The average molecular weight is 169 g/mol. The van der Waals surface area contributed by atoms with Crippen molar-refractivity contribution < 1.29 is 18.3 Å². The van der Waals surface area contributed by atoms with E-state index in [2.05, 4.69) is 5.32 Å². The van der Waals surface area contributed by atoms with Gasteiger partial charge in [-0.2, -0.15) is 13.2 Å². The summed E-state index contributed by atoms with van der Waals surface area (Å²) >= 11 is 0. The van der Waals surface area contributed by atoms with E-state index < -0.39 is 18.3 Å². The van der Waals surface area contributed by atoms with Gasteiger partial charge in [0.25, 0.3) is 0 Å². The molecule has 1 heterocycles. The van der Waals surface area contributed by atoms with E-state index in [9.17, 15) is 13.2 Å². The average Bonchev–Trinajstić information content (AvgIpc) is 1.86. The van der Waals surface area contributed by atoms with Gasteiger partial charge in [-0.1, -0.05) is 0 Å². The minimum Gasteiger partial charge on any atom is -0.379 e. The SMILES string of the molecule is OC1CC(C(F)(F)F)CCN1. The third-order valence-corrected chi connectivity index (χ3v) is 1.84. The fourth-order valence-electron chi connectivity index (χ4n) is 1.19. The lowest BCUT2D eigenvalue weighted by Gasteiger charge is -2.28. The monoisotopic (exact) mass is 169 g/mol. The number of aliphatic hydroxyl groups excluding tert-OH is 1. The maximum absolute atomic E-state index is 12.0. The van der Waals surface area contributed by atoms with Crippen LogP contribution in [-0.4, -0.2) is 24.1 Å². The Hall–Kier alpha value is -0.290. The minimum atomic E-state index is -4.15. The van der Waals surface area contributed by atoms with Crippen LogP contribution >= 0.6 is 0 Å². The van der Waals surface area contributed by atoms with Crippen LogP contribution in [0.15, 0.2) is 0 Å². The first-order chi connectivity index (χ1) is 5.00. The number of nitrogens with one attached hydrogen (secondary N) is 1. The molecular formula is C6H10F3NO. The largest absolute Gasteiger partial charge is 0.392 e. The normalized spacial score (nSPS) is 33.8. The highest BCUT2D eigenvalue weighted by molar-refractivity contribution is 4.76. The second kappa shape index (κ2) is 2.98. The Labute approximate surface area is 62.4 Å². The van der Waals surface area contributed by atoms with Crippen LogP contribution in [0.4, 0.5) is 13.2 Å². The van der Waals surface area contributed by atoms with E-state index in [1.165, 1.54) is 0 Å². The highest BCUT2D eigenvalue weighted by Crippen LogP contribution is 2.33. The molecule has 66 valence electrons. The highest BCUT2D eigenvalue weighted by atomic mass is 19.4. The van der Waals surface area contributed by atoms with Gasteiger partial charge in [0, 0.05) is 0 Å². The van der Waals surface area contributed by atoms with E-state index >= 15 is 0 Å². The van der Waals surface area contributed by atoms with Crippen LogP contribution in [0.25, 0.3) is 0 Å². The van der Waals surface area contributed by atoms with E-state index in [-0.39, 0.29) is 19.4 Å². The molecule has 0 amide bonds. The smallest absolute Gasteiger partial charge is 0.379 e. The second-order valence-corrected chi connectivity index (χ2v) is 2.73. The van der Waals surface area contributed by atoms with Crippen molar-refractivity contribution in [3.63, 3.8) is 0 Å². The Morgan fingerprint density at radius 1 is 1.36 bits per heavy atom. The molecule has 2 atom stereocenters. The fourth-order valence-corrected chi connectivity index (χ4v) is 1.19. The Balaban J connectivity index is 2.46. The molecule has 0 spiro atoms. The van der Waals surface area contributed by atoms with Gasteiger partial charge in [-0.15, -0.1) is 0 Å². The molecule has 2 nitrogen and oxygen atoms in total. The van der Waals surface area contributed by atoms with Crippen molar-refractivity contribution in [1.29, 1.82) is 0 Å². The number of piperidine rings is 1. The van der Waals surface area contributed by atoms with Gasteiger partial charge in [0.15, 0.2) is 0 Å². The van der Waals surface area contributed by atoms with Crippen LogP contribution in [0.1, 0.15) is 12.8 Å². The van der Waals surface area contributed by atoms with Gasteiger partial charge >= 0.3 is 6.18 Å². The summed E-state index contributed by atoms with van der Waals surface area (Å²) in [6, 6.07) is 0. The number of alkyl halides is 3. The first-order valence-corrected chi connectivity index (χ1v) is 3.48. The molecule has 1 saturated heterocycles. The summed E-state index contributed by atoms with van der Waals surface area (Å²) in [5, 5.41) is 11.4. The molecule has 1 fully saturated rings.